The number of carboxylic acids is 1. The van der Waals surface area contributed by atoms with Crippen molar-refractivity contribution in [2.45, 2.75) is 19.8 Å². The fourth-order valence-electron chi connectivity index (χ4n) is 2.39. The van der Waals surface area contributed by atoms with E-state index >= 15 is 0 Å². The van der Waals surface area contributed by atoms with Crippen molar-refractivity contribution in [2.24, 2.45) is 0 Å². The van der Waals surface area contributed by atoms with E-state index in [0.29, 0.717) is 22.1 Å². The van der Waals surface area contributed by atoms with Gasteiger partial charge in [0.2, 0.25) is 5.91 Å². The number of aromatic nitrogens is 1. The SMILES string of the molecule is Cc1nc(C(C)C(=O)Nc2ccc(Oc3ccccc3)cc2)sc1C(=O)O. The zero-order valence-corrected chi connectivity index (χ0v) is 15.6. The van der Waals surface area contributed by atoms with Gasteiger partial charge in [-0.1, -0.05) is 18.2 Å². The van der Waals surface area contributed by atoms with E-state index in [9.17, 15) is 9.59 Å². The highest BCUT2D eigenvalue weighted by Gasteiger charge is 2.22. The molecule has 6 nitrogen and oxygen atoms in total. The molecular formula is C20H18N2O4S. The van der Waals surface area contributed by atoms with Gasteiger partial charge in [0.05, 0.1) is 11.6 Å². The number of ether oxygens (including phenoxy) is 1. The Labute approximate surface area is 160 Å². The summed E-state index contributed by atoms with van der Waals surface area (Å²) in [7, 11) is 0. The van der Waals surface area contributed by atoms with Crippen molar-refractivity contribution in [3.05, 3.63) is 70.2 Å². The van der Waals surface area contributed by atoms with Gasteiger partial charge in [-0.05, 0) is 50.2 Å². The molecule has 0 fully saturated rings. The lowest BCUT2D eigenvalue weighted by atomic mass is 10.1. The Balaban J connectivity index is 1.65. The third-order valence-corrected chi connectivity index (χ3v) is 5.20. The van der Waals surface area contributed by atoms with E-state index in [1.165, 1.54) is 0 Å². The summed E-state index contributed by atoms with van der Waals surface area (Å²) in [6.45, 7) is 3.33. The van der Waals surface area contributed by atoms with Crippen LogP contribution in [0.4, 0.5) is 5.69 Å². The summed E-state index contributed by atoms with van der Waals surface area (Å²) in [5.41, 5.74) is 1.04. The Morgan fingerprint density at radius 3 is 2.30 bits per heavy atom. The van der Waals surface area contributed by atoms with Crippen molar-refractivity contribution in [3.63, 3.8) is 0 Å². The number of benzene rings is 2. The second-order valence-electron chi connectivity index (χ2n) is 5.92. The van der Waals surface area contributed by atoms with Crippen molar-refractivity contribution < 1.29 is 19.4 Å². The molecule has 0 aliphatic rings. The number of hydrogen-bond acceptors (Lipinski definition) is 5. The van der Waals surface area contributed by atoms with Crippen LogP contribution in [0.1, 0.15) is 33.2 Å². The zero-order chi connectivity index (χ0) is 19.4. The normalized spacial score (nSPS) is 11.6. The first-order valence-corrected chi connectivity index (χ1v) is 9.10. The first-order chi connectivity index (χ1) is 12.9. The van der Waals surface area contributed by atoms with Gasteiger partial charge in [0, 0.05) is 5.69 Å². The van der Waals surface area contributed by atoms with Crippen LogP contribution in [0.3, 0.4) is 0 Å². The highest BCUT2D eigenvalue weighted by molar-refractivity contribution is 7.13. The van der Waals surface area contributed by atoms with E-state index in [1.807, 2.05) is 30.3 Å². The molecule has 0 bridgehead atoms. The van der Waals surface area contributed by atoms with E-state index in [1.54, 1.807) is 38.1 Å². The second-order valence-corrected chi connectivity index (χ2v) is 6.95. The fraction of sp³-hybridized carbons (Fsp3) is 0.150. The largest absolute Gasteiger partial charge is 0.477 e. The van der Waals surface area contributed by atoms with E-state index in [2.05, 4.69) is 10.3 Å². The molecule has 0 aliphatic carbocycles. The van der Waals surface area contributed by atoms with Crippen LogP contribution in [-0.4, -0.2) is 22.0 Å². The van der Waals surface area contributed by atoms with Gasteiger partial charge in [-0.15, -0.1) is 11.3 Å². The van der Waals surface area contributed by atoms with Crippen LogP contribution in [0, 0.1) is 6.92 Å². The molecule has 138 valence electrons. The van der Waals surface area contributed by atoms with Crippen molar-refractivity contribution in [1.82, 2.24) is 4.98 Å². The van der Waals surface area contributed by atoms with Crippen molar-refractivity contribution >= 4 is 28.9 Å². The smallest absolute Gasteiger partial charge is 0.347 e. The summed E-state index contributed by atoms with van der Waals surface area (Å²) < 4.78 is 5.72. The Morgan fingerprint density at radius 1 is 1.07 bits per heavy atom. The molecule has 2 N–H and O–H groups in total. The third-order valence-electron chi connectivity index (χ3n) is 3.87. The molecule has 1 unspecified atom stereocenters. The maximum absolute atomic E-state index is 12.5. The summed E-state index contributed by atoms with van der Waals surface area (Å²) in [4.78, 5) is 28.0. The molecule has 1 heterocycles. The van der Waals surface area contributed by atoms with Crippen LogP contribution in [0.25, 0.3) is 0 Å². The molecule has 2 aromatic carbocycles. The molecule has 0 radical (unpaired) electrons. The Kier molecular flexibility index (Phi) is 5.52. The molecule has 7 heteroatoms. The number of carboxylic acid groups (broad SMARTS) is 1. The molecule has 3 rings (SSSR count). The molecule has 1 aromatic heterocycles. The number of hydrogen-bond donors (Lipinski definition) is 2. The molecule has 0 spiro atoms. The molecule has 1 amide bonds. The lowest BCUT2D eigenvalue weighted by Gasteiger charge is -2.11. The predicted molar refractivity (Wildman–Crippen MR) is 104 cm³/mol. The lowest BCUT2D eigenvalue weighted by Crippen LogP contribution is -2.18. The molecule has 1 atom stereocenters. The lowest BCUT2D eigenvalue weighted by molar-refractivity contribution is -0.117. The summed E-state index contributed by atoms with van der Waals surface area (Å²) in [5, 5.41) is 12.4. The molecule has 3 aromatic rings. The highest BCUT2D eigenvalue weighted by Crippen LogP contribution is 2.27. The quantitative estimate of drug-likeness (QED) is 0.646. The first kappa shape index (κ1) is 18.6. The number of aromatic carboxylic acids is 1. The summed E-state index contributed by atoms with van der Waals surface area (Å²) in [6, 6.07) is 16.4. The van der Waals surface area contributed by atoms with Crippen molar-refractivity contribution in [3.8, 4) is 11.5 Å². The minimum atomic E-state index is -1.03. The molecular weight excluding hydrogens is 364 g/mol. The number of carbonyl (C=O) groups is 2. The standard InChI is InChI=1S/C20H18N2O4S/c1-12(19-21-13(2)17(27-19)20(24)25)18(23)22-14-8-10-16(11-9-14)26-15-6-4-3-5-7-15/h3-12H,1-2H3,(H,22,23)(H,24,25). The number of nitrogens with one attached hydrogen (secondary N) is 1. The van der Waals surface area contributed by atoms with Crippen LogP contribution in [0.2, 0.25) is 0 Å². The van der Waals surface area contributed by atoms with Crippen LogP contribution < -0.4 is 10.1 Å². The average molecular weight is 382 g/mol. The highest BCUT2D eigenvalue weighted by atomic mass is 32.1. The van der Waals surface area contributed by atoms with E-state index < -0.39 is 11.9 Å². The monoisotopic (exact) mass is 382 g/mol. The molecule has 27 heavy (non-hydrogen) atoms. The maximum Gasteiger partial charge on any atom is 0.347 e. The Hall–Kier alpha value is -3.19. The predicted octanol–water partition coefficient (Wildman–Crippen LogP) is 4.68. The van der Waals surface area contributed by atoms with Crippen LogP contribution >= 0.6 is 11.3 Å². The number of rotatable bonds is 6. The van der Waals surface area contributed by atoms with E-state index in [-0.39, 0.29) is 10.8 Å². The van der Waals surface area contributed by atoms with Crippen LogP contribution in [0.5, 0.6) is 11.5 Å². The third kappa shape index (κ3) is 4.51. The van der Waals surface area contributed by atoms with Crippen molar-refractivity contribution in [1.29, 1.82) is 0 Å². The zero-order valence-electron chi connectivity index (χ0n) is 14.8. The average Bonchev–Trinajstić information content (AvgIpc) is 3.05. The van der Waals surface area contributed by atoms with Gasteiger partial charge in [0.25, 0.3) is 0 Å². The summed E-state index contributed by atoms with van der Waals surface area (Å²) >= 11 is 1.03. The minimum absolute atomic E-state index is 0.159. The van der Waals surface area contributed by atoms with Gasteiger partial charge in [-0.25, -0.2) is 9.78 Å². The Bertz CT molecular complexity index is 952. The van der Waals surface area contributed by atoms with Gasteiger partial charge >= 0.3 is 5.97 Å². The number of nitrogens with zero attached hydrogens (tertiary/aromatic N) is 1. The maximum atomic E-state index is 12.5. The van der Waals surface area contributed by atoms with Gasteiger partial charge in [-0.3, -0.25) is 4.79 Å². The molecule has 0 aliphatic heterocycles. The van der Waals surface area contributed by atoms with E-state index in [4.69, 9.17) is 9.84 Å². The van der Waals surface area contributed by atoms with E-state index in [0.717, 1.165) is 17.1 Å². The Morgan fingerprint density at radius 2 is 1.70 bits per heavy atom. The molecule has 0 saturated heterocycles. The number of thiazole rings is 1. The summed E-state index contributed by atoms with van der Waals surface area (Å²) in [5.74, 6) is -0.442. The summed E-state index contributed by atoms with van der Waals surface area (Å²) in [6.07, 6.45) is 0. The number of aryl methyl sites for hydroxylation is 1. The number of carbonyl (C=O) groups excluding carboxylic acids is 1. The van der Waals surface area contributed by atoms with Crippen LogP contribution in [0.15, 0.2) is 54.6 Å². The number of para-hydroxylation sites is 1. The fourth-order valence-corrected chi connectivity index (χ4v) is 3.35. The topological polar surface area (TPSA) is 88.5 Å². The second kappa shape index (κ2) is 8.01. The van der Waals surface area contributed by atoms with Gasteiger partial charge < -0.3 is 15.2 Å². The number of amides is 1. The first-order valence-electron chi connectivity index (χ1n) is 8.28. The van der Waals surface area contributed by atoms with Gasteiger partial charge in [0.15, 0.2) is 0 Å². The van der Waals surface area contributed by atoms with Crippen LogP contribution in [-0.2, 0) is 4.79 Å². The van der Waals surface area contributed by atoms with Crippen molar-refractivity contribution in [2.75, 3.05) is 5.32 Å². The minimum Gasteiger partial charge on any atom is -0.477 e. The van der Waals surface area contributed by atoms with Gasteiger partial charge in [-0.2, -0.15) is 0 Å². The molecule has 0 saturated carbocycles. The van der Waals surface area contributed by atoms with Gasteiger partial charge in [0.1, 0.15) is 21.4 Å². The number of anilines is 1.